The molecule has 3 rings (SSSR count). The van der Waals surface area contributed by atoms with E-state index in [0.717, 1.165) is 23.3 Å². The molecule has 1 aliphatic heterocycles. The zero-order valence-electron chi connectivity index (χ0n) is 9.91. The lowest BCUT2D eigenvalue weighted by Crippen LogP contribution is -2.31. The maximum atomic E-state index is 4.64. The maximum absolute atomic E-state index is 4.64. The highest BCUT2D eigenvalue weighted by Crippen LogP contribution is 2.29. The van der Waals surface area contributed by atoms with Gasteiger partial charge in [0.15, 0.2) is 4.73 Å². The van der Waals surface area contributed by atoms with Crippen molar-refractivity contribution in [2.45, 2.75) is 25.8 Å². The van der Waals surface area contributed by atoms with Gasteiger partial charge in [-0.1, -0.05) is 12.1 Å². The summed E-state index contributed by atoms with van der Waals surface area (Å²) in [4.78, 5) is 4.64. The molecular weight excluding hydrogens is 278 g/mol. The Balaban J connectivity index is 2.14. The van der Waals surface area contributed by atoms with E-state index in [2.05, 4.69) is 55.9 Å². The summed E-state index contributed by atoms with van der Waals surface area (Å²) in [5.74, 6) is 0. The topological polar surface area (TPSA) is 29.9 Å². The number of piperidine rings is 1. The van der Waals surface area contributed by atoms with Crippen molar-refractivity contribution in [3.05, 3.63) is 28.5 Å². The Kier molecular flexibility index (Phi) is 2.92. The van der Waals surface area contributed by atoms with Gasteiger partial charge in [-0.2, -0.15) is 0 Å². The van der Waals surface area contributed by atoms with E-state index in [9.17, 15) is 0 Å². The van der Waals surface area contributed by atoms with Crippen molar-refractivity contribution in [2.24, 2.45) is 0 Å². The number of hydrogen-bond acceptors (Lipinski definition) is 2. The molecule has 1 aromatic carbocycles. The van der Waals surface area contributed by atoms with Crippen molar-refractivity contribution in [1.82, 2.24) is 14.9 Å². The van der Waals surface area contributed by atoms with Gasteiger partial charge in [0.2, 0.25) is 0 Å². The van der Waals surface area contributed by atoms with Crippen molar-refractivity contribution in [2.75, 3.05) is 13.1 Å². The zero-order valence-corrected chi connectivity index (χ0v) is 11.5. The number of imidazole rings is 1. The summed E-state index contributed by atoms with van der Waals surface area (Å²) in [6.07, 6.45) is 2.47. The molecule has 0 radical (unpaired) electrons. The highest BCUT2D eigenvalue weighted by molar-refractivity contribution is 9.10. The van der Waals surface area contributed by atoms with Crippen LogP contribution in [0, 0.1) is 6.92 Å². The van der Waals surface area contributed by atoms with E-state index in [-0.39, 0.29) is 0 Å². The number of rotatable bonds is 1. The Labute approximate surface area is 109 Å². The standard InChI is InChI=1S/C13H16BrN3/c1-9-4-2-6-11-12(9)16-13(14)17(11)10-5-3-7-15-8-10/h2,4,6,10,15H,3,5,7-8H2,1H3. The predicted molar refractivity (Wildman–Crippen MR) is 73.3 cm³/mol. The molecule has 3 nitrogen and oxygen atoms in total. The Morgan fingerprint density at radius 3 is 3.12 bits per heavy atom. The highest BCUT2D eigenvalue weighted by atomic mass is 79.9. The molecule has 1 atom stereocenters. The third-order valence-corrected chi connectivity index (χ3v) is 4.07. The zero-order chi connectivity index (χ0) is 11.8. The molecule has 2 heterocycles. The van der Waals surface area contributed by atoms with Gasteiger partial charge in [0.25, 0.3) is 0 Å². The lowest BCUT2D eigenvalue weighted by Gasteiger charge is -2.25. The lowest BCUT2D eigenvalue weighted by molar-refractivity contribution is 0.374. The number of halogens is 1. The van der Waals surface area contributed by atoms with Gasteiger partial charge < -0.3 is 9.88 Å². The van der Waals surface area contributed by atoms with Crippen LogP contribution in [0.4, 0.5) is 0 Å². The maximum Gasteiger partial charge on any atom is 0.178 e. The SMILES string of the molecule is Cc1cccc2c1nc(Br)n2C1CCCNC1. The molecule has 1 N–H and O–H groups in total. The summed E-state index contributed by atoms with van der Waals surface area (Å²) in [7, 11) is 0. The van der Waals surface area contributed by atoms with Crippen molar-refractivity contribution >= 4 is 27.0 Å². The van der Waals surface area contributed by atoms with Gasteiger partial charge in [-0.25, -0.2) is 4.98 Å². The molecule has 1 unspecified atom stereocenters. The largest absolute Gasteiger partial charge is 0.315 e. The third-order valence-electron chi connectivity index (χ3n) is 3.51. The second-order valence-corrected chi connectivity index (χ2v) is 5.40. The first-order valence-electron chi connectivity index (χ1n) is 6.11. The highest BCUT2D eigenvalue weighted by Gasteiger charge is 2.20. The van der Waals surface area contributed by atoms with E-state index in [1.165, 1.54) is 23.9 Å². The fourth-order valence-electron chi connectivity index (χ4n) is 2.63. The molecule has 0 aliphatic carbocycles. The van der Waals surface area contributed by atoms with Crippen LogP contribution in [0.5, 0.6) is 0 Å². The number of benzene rings is 1. The first-order chi connectivity index (χ1) is 8.27. The average molecular weight is 294 g/mol. The average Bonchev–Trinajstić information content (AvgIpc) is 2.68. The lowest BCUT2D eigenvalue weighted by atomic mass is 10.1. The minimum Gasteiger partial charge on any atom is -0.315 e. The van der Waals surface area contributed by atoms with E-state index < -0.39 is 0 Å². The third kappa shape index (κ3) is 1.89. The first kappa shape index (κ1) is 11.2. The molecule has 17 heavy (non-hydrogen) atoms. The molecule has 0 spiro atoms. The van der Waals surface area contributed by atoms with Gasteiger partial charge in [0.05, 0.1) is 11.0 Å². The molecule has 0 amide bonds. The van der Waals surface area contributed by atoms with Crippen LogP contribution < -0.4 is 5.32 Å². The van der Waals surface area contributed by atoms with E-state index in [1.54, 1.807) is 0 Å². The van der Waals surface area contributed by atoms with Gasteiger partial charge >= 0.3 is 0 Å². The number of nitrogens with one attached hydrogen (secondary N) is 1. The van der Waals surface area contributed by atoms with Crippen LogP contribution in [-0.4, -0.2) is 22.6 Å². The number of aryl methyl sites for hydroxylation is 1. The molecule has 0 bridgehead atoms. The quantitative estimate of drug-likeness (QED) is 0.876. The van der Waals surface area contributed by atoms with Crippen LogP contribution in [0.1, 0.15) is 24.4 Å². The van der Waals surface area contributed by atoms with Gasteiger partial charge in [-0.3, -0.25) is 0 Å². The molecule has 2 aromatic rings. The van der Waals surface area contributed by atoms with E-state index in [4.69, 9.17) is 0 Å². The molecule has 4 heteroatoms. The predicted octanol–water partition coefficient (Wildman–Crippen LogP) is 3.03. The molecule has 0 saturated carbocycles. The van der Waals surface area contributed by atoms with Crippen molar-refractivity contribution in [3.8, 4) is 0 Å². The van der Waals surface area contributed by atoms with Crippen molar-refractivity contribution in [3.63, 3.8) is 0 Å². The molecule has 1 aromatic heterocycles. The van der Waals surface area contributed by atoms with Crippen LogP contribution in [0.15, 0.2) is 22.9 Å². The number of para-hydroxylation sites is 1. The van der Waals surface area contributed by atoms with Gasteiger partial charge in [0.1, 0.15) is 0 Å². The van der Waals surface area contributed by atoms with Crippen LogP contribution >= 0.6 is 15.9 Å². The van der Waals surface area contributed by atoms with E-state index in [0.29, 0.717) is 6.04 Å². The summed E-state index contributed by atoms with van der Waals surface area (Å²) in [6, 6.07) is 6.91. The molecule has 90 valence electrons. The first-order valence-corrected chi connectivity index (χ1v) is 6.90. The number of fused-ring (bicyclic) bond motifs is 1. The molecule has 1 aliphatic rings. The minimum atomic E-state index is 0.518. The summed E-state index contributed by atoms with van der Waals surface area (Å²) >= 11 is 3.60. The number of aromatic nitrogens is 2. The smallest absolute Gasteiger partial charge is 0.178 e. The van der Waals surface area contributed by atoms with Crippen LogP contribution in [0.2, 0.25) is 0 Å². The van der Waals surface area contributed by atoms with E-state index >= 15 is 0 Å². The van der Waals surface area contributed by atoms with Crippen LogP contribution in [0.3, 0.4) is 0 Å². The second kappa shape index (κ2) is 4.42. The Bertz CT molecular complexity index is 541. The fraction of sp³-hybridized carbons (Fsp3) is 0.462. The summed E-state index contributed by atoms with van der Waals surface area (Å²) in [6.45, 7) is 4.29. The Hall–Kier alpha value is -0.870. The van der Waals surface area contributed by atoms with Gasteiger partial charge in [-0.15, -0.1) is 0 Å². The Morgan fingerprint density at radius 1 is 1.47 bits per heavy atom. The van der Waals surface area contributed by atoms with Crippen LogP contribution in [-0.2, 0) is 0 Å². The monoisotopic (exact) mass is 293 g/mol. The normalized spacial score (nSPS) is 20.9. The fourth-order valence-corrected chi connectivity index (χ4v) is 3.29. The summed E-state index contributed by atoms with van der Waals surface area (Å²) < 4.78 is 3.28. The van der Waals surface area contributed by atoms with Crippen LogP contribution in [0.25, 0.3) is 11.0 Å². The molecular formula is C13H16BrN3. The van der Waals surface area contributed by atoms with Gasteiger partial charge in [-0.05, 0) is 53.9 Å². The van der Waals surface area contributed by atoms with E-state index in [1.807, 2.05) is 0 Å². The summed E-state index contributed by atoms with van der Waals surface area (Å²) in [5.41, 5.74) is 3.60. The van der Waals surface area contributed by atoms with Crippen molar-refractivity contribution < 1.29 is 0 Å². The number of hydrogen-bond donors (Lipinski definition) is 1. The number of nitrogens with zero attached hydrogens (tertiary/aromatic N) is 2. The minimum absolute atomic E-state index is 0.518. The summed E-state index contributed by atoms with van der Waals surface area (Å²) in [5, 5.41) is 3.46. The van der Waals surface area contributed by atoms with Gasteiger partial charge in [0, 0.05) is 12.6 Å². The van der Waals surface area contributed by atoms with Crippen molar-refractivity contribution in [1.29, 1.82) is 0 Å². The Morgan fingerprint density at radius 2 is 2.35 bits per heavy atom. The second-order valence-electron chi connectivity index (χ2n) is 4.69. The molecule has 1 saturated heterocycles. The molecule has 1 fully saturated rings.